The highest BCUT2D eigenvalue weighted by Crippen LogP contribution is 2.41. The molecule has 2 aliphatic rings. The van der Waals surface area contributed by atoms with E-state index in [4.69, 9.17) is 5.73 Å². The molecule has 0 spiro atoms. The van der Waals surface area contributed by atoms with Crippen molar-refractivity contribution in [2.24, 2.45) is 17.6 Å². The molecule has 0 amide bonds. The highest BCUT2D eigenvalue weighted by atomic mass is 15.2. The first-order valence-electron chi connectivity index (χ1n) is 6.57. The lowest BCUT2D eigenvalue weighted by Crippen LogP contribution is -2.60. The summed E-state index contributed by atoms with van der Waals surface area (Å²) in [5, 5.41) is 0. The smallest absolute Gasteiger partial charge is 0.0333 e. The highest BCUT2D eigenvalue weighted by Gasteiger charge is 2.44. The van der Waals surface area contributed by atoms with E-state index < -0.39 is 0 Å². The number of rotatable bonds is 4. The van der Waals surface area contributed by atoms with Crippen LogP contribution in [-0.4, -0.2) is 30.6 Å². The van der Waals surface area contributed by atoms with Crippen LogP contribution in [0.2, 0.25) is 0 Å². The number of likely N-dealkylation sites (N-methyl/N-ethyl adjacent to an activating group) is 1. The fourth-order valence-corrected chi connectivity index (χ4v) is 3.65. The Hall–Kier alpha value is -0.0800. The summed E-state index contributed by atoms with van der Waals surface area (Å²) in [5.41, 5.74) is 6.33. The first-order chi connectivity index (χ1) is 7.16. The van der Waals surface area contributed by atoms with E-state index in [-0.39, 0.29) is 0 Å². The molecule has 0 aromatic carbocycles. The van der Waals surface area contributed by atoms with Crippen LogP contribution in [0.25, 0.3) is 0 Å². The largest absolute Gasteiger partial charge is 0.329 e. The van der Waals surface area contributed by atoms with Crippen LogP contribution in [0.3, 0.4) is 0 Å². The molecular weight excluding hydrogens is 184 g/mol. The Balaban J connectivity index is 1.85. The standard InChI is InChI=1S/C13H26N2/c1-11-7-13(8-11,10-14)15(2)9-12-5-3-4-6-12/h11-12H,3-10,14H2,1-2H3. The van der Waals surface area contributed by atoms with Gasteiger partial charge in [0.15, 0.2) is 0 Å². The minimum absolute atomic E-state index is 0.363. The van der Waals surface area contributed by atoms with Crippen molar-refractivity contribution >= 4 is 0 Å². The van der Waals surface area contributed by atoms with Crippen molar-refractivity contribution in [3.63, 3.8) is 0 Å². The minimum atomic E-state index is 0.363. The number of hydrogen-bond donors (Lipinski definition) is 1. The molecule has 0 aromatic heterocycles. The van der Waals surface area contributed by atoms with Crippen LogP contribution in [0.1, 0.15) is 45.4 Å². The van der Waals surface area contributed by atoms with Crippen molar-refractivity contribution in [1.29, 1.82) is 0 Å². The number of nitrogens with zero attached hydrogens (tertiary/aromatic N) is 1. The van der Waals surface area contributed by atoms with Crippen LogP contribution in [0, 0.1) is 11.8 Å². The van der Waals surface area contributed by atoms with Crippen LogP contribution in [0.5, 0.6) is 0 Å². The van der Waals surface area contributed by atoms with Gasteiger partial charge in [-0.3, -0.25) is 4.90 Å². The first-order valence-corrected chi connectivity index (χ1v) is 6.57. The van der Waals surface area contributed by atoms with Gasteiger partial charge in [-0.15, -0.1) is 0 Å². The van der Waals surface area contributed by atoms with E-state index in [0.29, 0.717) is 5.54 Å². The summed E-state index contributed by atoms with van der Waals surface area (Å²) in [6.07, 6.45) is 8.41. The zero-order chi connectivity index (χ0) is 10.9. The Morgan fingerprint density at radius 2 is 1.87 bits per heavy atom. The van der Waals surface area contributed by atoms with Gasteiger partial charge in [-0.05, 0) is 44.6 Å². The number of hydrogen-bond acceptors (Lipinski definition) is 2. The summed E-state index contributed by atoms with van der Waals surface area (Å²) in [7, 11) is 2.29. The topological polar surface area (TPSA) is 29.3 Å². The van der Waals surface area contributed by atoms with Crippen molar-refractivity contribution in [1.82, 2.24) is 4.90 Å². The van der Waals surface area contributed by atoms with Crippen LogP contribution in [-0.2, 0) is 0 Å². The van der Waals surface area contributed by atoms with E-state index in [1.807, 2.05) is 0 Å². The van der Waals surface area contributed by atoms with Gasteiger partial charge in [-0.2, -0.15) is 0 Å². The van der Waals surface area contributed by atoms with Gasteiger partial charge in [-0.1, -0.05) is 19.8 Å². The van der Waals surface area contributed by atoms with Gasteiger partial charge >= 0.3 is 0 Å². The Morgan fingerprint density at radius 1 is 1.27 bits per heavy atom. The first kappa shape index (κ1) is 11.4. The van der Waals surface area contributed by atoms with Gasteiger partial charge in [0.25, 0.3) is 0 Å². The van der Waals surface area contributed by atoms with Crippen LogP contribution in [0.4, 0.5) is 0 Å². The highest BCUT2D eigenvalue weighted by molar-refractivity contribution is 5.01. The lowest BCUT2D eigenvalue weighted by atomic mass is 9.68. The molecule has 0 heterocycles. The molecule has 2 heteroatoms. The minimum Gasteiger partial charge on any atom is -0.329 e. The normalized spacial score (nSPS) is 37.2. The molecule has 2 fully saturated rings. The maximum atomic E-state index is 5.96. The second-order valence-electron chi connectivity index (χ2n) is 5.97. The third kappa shape index (κ3) is 2.21. The predicted molar refractivity (Wildman–Crippen MR) is 64.8 cm³/mol. The monoisotopic (exact) mass is 210 g/mol. The molecule has 0 atom stereocenters. The van der Waals surface area contributed by atoms with Crippen LogP contribution in [0.15, 0.2) is 0 Å². The lowest BCUT2D eigenvalue weighted by molar-refractivity contribution is -0.00308. The zero-order valence-electron chi connectivity index (χ0n) is 10.3. The molecule has 15 heavy (non-hydrogen) atoms. The van der Waals surface area contributed by atoms with E-state index >= 15 is 0 Å². The summed E-state index contributed by atoms with van der Waals surface area (Å²) < 4.78 is 0. The van der Waals surface area contributed by atoms with Crippen LogP contribution >= 0.6 is 0 Å². The molecule has 2 N–H and O–H groups in total. The molecule has 2 rings (SSSR count). The van der Waals surface area contributed by atoms with Gasteiger partial charge in [0.1, 0.15) is 0 Å². The van der Waals surface area contributed by atoms with E-state index in [2.05, 4.69) is 18.9 Å². The molecule has 2 nitrogen and oxygen atoms in total. The molecule has 0 radical (unpaired) electrons. The summed E-state index contributed by atoms with van der Waals surface area (Å²) in [4.78, 5) is 2.57. The maximum absolute atomic E-state index is 5.96. The van der Waals surface area contributed by atoms with Gasteiger partial charge in [0, 0.05) is 18.6 Å². The Morgan fingerprint density at radius 3 is 2.33 bits per heavy atom. The fraction of sp³-hybridized carbons (Fsp3) is 1.00. The quantitative estimate of drug-likeness (QED) is 0.771. The molecule has 2 saturated carbocycles. The molecule has 0 aliphatic heterocycles. The predicted octanol–water partition coefficient (Wildman–Crippen LogP) is 2.24. The second-order valence-corrected chi connectivity index (χ2v) is 5.97. The SMILES string of the molecule is CC1CC(CN)(N(C)CC2CCCC2)C1. The molecule has 0 bridgehead atoms. The van der Waals surface area contributed by atoms with Crippen molar-refractivity contribution < 1.29 is 0 Å². The van der Waals surface area contributed by atoms with Crippen molar-refractivity contribution in [3.8, 4) is 0 Å². The summed E-state index contributed by atoms with van der Waals surface area (Å²) in [5.74, 6) is 1.84. The van der Waals surface area contributed by atoms with Crippen molar-refractivity contribution in [3.05, 3.63) is 0 Å². The summed E-state index contributed by atoms with van der Waals surface area (Å²) in [6.45, 7) is 4.47. The second kappa shape index (κ2) is 4.42. The lowest BCUT2D eigenvalue weighted by Gasteiger charge is -2.52. The van der Waals surface area contributed by atoms with Gasteiger partial charge in [0.05, 0.1) is 0 Å². The maximum Gasteiger partial charge on any atom is 0.0333 e. The average molecular weight is 210 g/mol. The summed E-state index contributed by atoms with van der Waals surface area (Å²) in [6, 6.07) is 0. The molecular formula is C13H26N2. The third-order valence-corrected chi connectivity index (χ3v) is 4.65. The van der Waals surface area contributed by atoms with Crippen LogP contribution < -0.4 is 5.73 Å². The Bertz CT molecular complexity index is 203. The fourth-order valence-electron chi connectivity index (χ4n) is 3.65. The molecule has 0 aromatic rings. The average Bonchev–Trinajstić information content (AvgIpc) is 2.64. The van der Waals surface area contributed by atoms with Gasteiger partial charge < -0.3 is 5.73 Å². The Kier molecular flexibility index (Phi) is 3.36. The van der Waals surface area contributed by atoms with E-state index in [1.165, 1.54) is 45.1 Å². The summed E-state index contributed by atoms with van der Waals surface area (Å²) >= 11 is 0. The van der Waals surface area contributed by atoms with E-state index in [9.17, 15) is 0 Å². The van der Waals surface area contributed by atoms with E-state index in [0.717, 1.165) is 18.4 Å². The molecule has 0 saturated heterocycles. The van der Waals surface area contributed by atoms with Crippen molar-refractivity contribution in [2.45, 2.75) is 51.0 Å². The van der Waals surface area contributed by atoms with Crippen molar-refractivity contribution in [2.75, 3.05) is 20.1 Å². The number of nitrogens with two attached hydrogens (primary N) is 1. The molecule has 0 unspecified atom stereocenters. The van der Waals surface area contributed by atoms with Gasteiger partial charge in [0.2, 0.25) is 0 Å². The third-order valence-electron chi connectivity index (χ3n) is 4.65. The molecule has 88 valence electrons. The van der Waals surface area contributed by atoms with E-state index in [1.54, 1.807) is 0 Å². The Labute approximate surface area is 94.2 Å². The zero-order valence-corrected chi connectivity index (χ0v) is 10.3. The molecule has 2 aliphatic carbocycles. The van der Waals surface area contributed by atoms with Gasteiger partial charge in [-0.25, -0.2) is 0 Å².